The third-order valence-corrected chi connectivity index (χ3v) is 3.39. The van der Waals surface area contributed by atoms with Crippen LogP contribution in [0.15, 0.2) is 46.9 Å². The van der Waals surface area contributed by atoms with Crippen LogP contribution in [0, 0.1) is 0 Å². The molecule has 0 aromatic heterocycles. The molecule has 5 heteroatoms. The predicted molar refractivity (Wildman–Crippen MR) is 84.7 cm³/mol. The van der Waals surface area contributed by atoms with Gasteiger partial charge in [0.25, 0.3) is 5.91 Å². The van der Waals surface area contributed by atoms with E-state index in [4.69, 9.17) is 16.3 Å². The number of carbonyl (C=O) groups is 1. The lowest BCUT2D eigenvalue weighted by Gasteiger charge is -2.09. The van der Waals surface area contributed by atoms with E-state index in [0.717, 1.165) is 4.47 Å². The highest BCUT2D eigenvalue weighted by atomic mass is 79.9. The average Bonchev–Trinajstić information content (AvgIpc) is 2.42. The Balaban J connectivity index is 2.17. The number of amides is 1. The van der Waals surface area contributed by atoms with E-state index in [2.05, 4.69) is 21.2 Å². The van der Waals surface area contributed by atoms with Crippen LogP contribution in [-0.2, 0) is 0 Å². The molecule has 1 N–H and O–H groups in total. The maximum Gasteiger partial charge on any atom is 0.255 e. The van der Waals surface area contributed by atoms with Gasteiger partial charge in [-0.15, -0.1) is 0 Å². The molecule has 0 saturated carbocycles. The van der Waals surface area contributed by atoms with Crippen molar-refractivity contribution in [3.8, 4) is 5.75 Å². The van der Waals surface area contributed by atoms with Gasteiger partial charge >= 0.3 is 0 Å². The van der Waals surface area contributed by atoms with Crippen molar-refractivity contribution in [1.29, 1.82) is 0 Å². The SMILES string of the molecule is CCOc1cccc(C(=O)Nc2ccc(Br)cc2Cl)c1. The van der Waals surface area contributed by atoms with Gasteiger partial charge in [0.15, 0.2) is 0 Å². The highest BCUT2D eigenvalue weighted by Crippen LogP contribution is 2.26. The largest absolute Gasteiger partial charge is 0.494 e. The van der Waals surface area contributed by atoms with Crippen molar-refractivity contribution >= 4 is 39.1 Å². The van der Waals surface area contributed by atoms with E-state index >= 15 is 0 Å². The maximum atomic E-state index is 12.2. The van der Waals surface area contributed by atoms with Gasteiger partial charge in [-0.05, 0) is 43.3 Å². The van der Waals surface area contributed by atoms with Gasteiger partial charge in [-0.1, -0.05) is 33.6 Å². The monoisotopic (exact) mass is 353 g/mol. The fraction of sp³-hybridized carbons (Fsp3) is 0.133. The molecule has 1 amide bonds. The van der Waals surface area contributed by atoms with Gasteiger partial charge in [0.05, 0.1) is 17.3 Å². The topological polar surface area (TPSA) is 38.3 Å². The first-order valence-electron chi connectivity index (χ1n) is 6.09. The van der Waals surface area contributed by atoms with Gasteiger partial charge in [-0.3, -0.25) is 4.79 Å². The van der Waals surface area contributed by atoms with Crippen molar-refractivity contribution in [1.82, 2.24) is 0 Å². The summed E-state index contributed by atoms with van der Waals surface area (Å²) in [7, 11) is 0. The summed E-state index contributed by atoms with van der Waals surface area (Å²) in [5.41, 5.74) is 1.09. The Morgan fingerprint density at radius 3 is 2.80 bits per heavy atom. The molecule has 0 fully saturated rings. The van der Waals surface area contributed by atoms with Crippen LogP contribution in [0.5, 0.6) is 5.75 Å². The number of rotatable bonds is 4. The van der Waals surface area contributed by atoms with Crippen LogP contribution < -0.4 is 10.1 Å². The van der Waals surface area contributed by atoms with Crippen molar-refractivity contribution in [2.45, 2.75) is 6.92 Å². The summed E-state index contributed by atoms with van der Waals surface area (Å²) in [6.45, 7) is 2.46. The summed E-state index contributed by atoms with van der Waals surface area (Å²) in [5.74, 6) is 0.442. The van der Waals surface area contributed by atoms with Crippen molar-refractivity contribution in [2.75, 3.05) is 11.9 Å². The molecule has 20 heavy (non-hydrogen) atoms. The van der Waals surface area contributed by atoms with Crippen molar-refractivity contribution in [3.63, 3.8) is 0 Å². The van der Waals surface area contributed by atoms with Crippen molar-refractivity contribution < 1.29 is 9.53 Å². The van der Waals surface area contributed by atoms with Gasteiger partial charge in [0.1, 0.15) is 5.75 Å². The lowest BCUT2D eigenvalue weighted by molar-refractivity contribution is 0.102. The zero-order chi connectivity index (χ0) is 14.5. The minimum absolute atomic E-state index is 0.226. The van der Waals surface area contributed by atoms with Gasteiger partial charge in [-0.25, -0.2) is 0 Å². The standard InChI is InChI=1S/C15H13BrClNO2/c1-2-20-12-5-3-4-10(8-12)15(19)18-14-7-6-11(16)9-13(14)17/h3-9H,2H2,1H3,(H,18,19). The molecule has 0 aliphatic carbocycles. The molecule has 3 nitrogen and oxygen atoms in total. The molecule has 0 spiro atoms. The minimum atomic E-state index is -0.226. The van der Waals surface area contributed by atoms with Crippen LogP contribution >= 0.6 is 27.5 Å². The van der Waals surface area contributed by atoms with Gasteiger partial charge in [-0.2, -0.15) is 0 Å². The molecule has 104 valence electrons. The summed E-state index contributed by atoms with van der Waals surface area (Å²) in [4.78, 5) is 12.2. The van der Waals surface area contributed by atoms with Gasteiger partial charge in [0, 0.05) is 10.0 Å². The van der Waals surface area contributed by atoms with Crippen LogP contribution in [0.4, 0.5) is 5.69 Å². The Morgan fingerprint density at radius 1 is 1.30 bits per heavy atom. The first kappa shape index (κ1) is 14.9. The van der Waals surface area contributed by atoms with Crippen LogP contribution in [0.2, 0.25) is 5.02 Å². The Kier molecular flexibility index (Phi) is 5.04. The summed E-state index contributed by atoms with van der Waals surface area (Å²) in [6.07, 6.45) is 0. The minimum Gasteiger partial charge on any atom is -0.494 e. The summed E-state index contributed by atoms with van der Waals surface area (Å²) < 4.78 is 6.23. The number of carbonyl (C=O) groups excluding carboxylic acids is 1. The average molecular weight is 355 g/mol. The highest BCUT2D eigenvalue weighted by Gasteiger charge is 2.09. The molecule has 0 aliphatic rings. The molecule has 2 rings (SSSR count). The molecule has 0 atom stereocenters. The molecule has 0 saturated heterocycles. The van der Waals surface area contributed by atoms with Crippen molar-refractivity contribution in [3.05, 3.63) is 57.5 Å². The summed E-state index contributed by atoms with van der Waals surface area (Å²) in [5, 5.41) is 3.26. The molecular weight excluding hydrogens is 342 g/mol. The second-order valence-electron chi connectivity index (χ2n) is 4.04. The molecular formula is C15H13BrClNO2. The normalized spacial score (nSPS) is 10.2. The number of hydrogen-bond donors (Lipinski definition) is 1. The smallest absolute Gasteiger partial charge is 0.255 e. The van der Waals surface area contributed by atoms with E-state index in [1.54, 1.807) is 30.3 Å². The van der Waals surface area contributed by atoms with Gasteiger partial charge < -0.3 is 10.1 Å². The molecule has 2 aromatic rings. The number of hydrogen-bond acceptors (Lipinski definition) is 2. The molecule has 0 aliphatic heterocycles. The zero-order valence-corrected chi connectivity index (χ0v) is 13.2. The third-order valence-electron chi connectivity index (χ3n) is 2.59. The number of nitrogens with one attached hydrogen (secondary N) is 1. The van der Waals surface area contributed by atoms with E-state index in [1.807, 2.05) is 19.1 Å². The highest BCUT2D eigenvalue weighted by molar-refractivity contribution is 9.10. The lowest BCUT2D eigenvalue weighted by Crippen LogP contribution is -2.12. The summed E-state index contributed by atoms with van der Waals surface area (Å²) in [6, 6.07) is 12.3. The first-order valence-corrected chi connectivity index (χ1v) is 7.26. The fourth-order valence-electron chi connectivity index (χ4n) is 1.68. The molecule has 0 radical (unpaired) electrons. The van der Waals surface area contributed by atoms with E-state index in [0.29, 0.717) is 28.6 Å². The first-order chi connectivity index (χ1) is 9.60. The Hall–Kier alpha value is -1.52. The lowest BCUT2D eigenvalue weighted by atomic mass is 10.2. The quantitative estimate of drug-likeness (QED) is 0.860. The Bertz CT molecular complexity index is 631. The molecule has 0 bridgehead atoms. The van der Waals surface area contributed by atoms with E-state index < -0.39 is 0 Å². The molecule has 0 unspecified atom stereocenters. The molecule has 2 aromatic carbocycles. The van der Waals surface area contributed by atoms with Crippen LogP contribution in [-0.4, -0.2) is 12.5 Å². The maximum absolute atomic E-state index is 12.2. The van der Waals surface area contributed by atoms with Crippen LogP contribution in [0.1, 0.15) is 17.3 Å². The Morgan fingerprint density at radius 2 is 2.10 bits per heavy atom. The zero-order valence-electron chi connectivity index (χ0n) is 10.8. The second-order valence-corrected chi connectivity index (χ2v) is 5.36. The van der Waals surface area contributed by atoms with Crippen molar-refractivity contribution in [2.24, 2.45) is 0 Å². The van der Waals surface area contributed by atoms with E-state index in [9.17, 15) is 4.79 Å². The second kappa shape index (κ2) is 6.77. The number of anilines is 1. The fourth-order valence-corrected chi connectivity index (χ4v) is 2.40. The summed E-state index contributed by atoms with van der Waals surface area (Å²) >= 11 is 9.39. The van der Waals surface area contributed by atoms with Gasteiger partial charge in [0.2, 0.25) is 0 Å². The predicted octanol–water partition coefficient (Wildman–Crippen LogP) is 4.75. The van der Waals surface area contributed by atoms with E-state index in [-0.39, 0.29) is 5.91 Å². The number of ether oxygens (including phenoxy) is 1. The Labute approximate surface area is 131 Å². The van der Waals surface area contributed by atoms with Crippen LogP contribution in [0.25, 0.3) is 0 Å². The third kappa shape index (κ3) is 3.74. The number of benzene rings is 2. The van der Waals surface area contributed by atoms with E-state index in [1.165, 1.54) is 0 Å². The molecule has 0 heterocycles. The number of halogens is 2. The van der Waals surface area contributed by atoms with Crippen LogP contribution in [0.3, 0.4) is 0 Å².